The first-order valence-corrected chi connectivity index (χ1v) is 20.8. The van der Waals surface area contributed by atoms with Gasteiger partial charge in [0.2, 0.25) is 6.08 Å². The van der Waals surface area contributed by atoms with Gasteiger partial charge in [-0.3, -0.25) is 0 Å². The van der Waals surface area contributed by atoms with Gasteiger partial charge in [0.25, 0.3) is 0 Å². The molecule has 0 aliphatic heterocycles. The first-order chi connectivity index (χ1) is 20.1. The number of nitrogens with zero attached hydrogens (tertiary/aromatic N) is 3. The van der Waals surface area contributed by atoms with Gasteiger partial charge in [-0.05, 0) is 70.0 Å². The molecule has 0 radical (unpaired) electrons. The molecule has 0 unspecified atom stereocenters. The highest BCUT2D eigenvalue weighted by atomic mass is 28.4. The van der Waals surface area contributed by atoms with Crippen LogP contribution in [0.5, 0.6) is 0 Å². The number of isocyanates is 1. The van der Waals surface area contributed by atoms with E-state index >= 15 is 0 Å². The van der Waals surface area contributed by atoms with Crippen LogP contribution in [0.3, 0.4) is 0 Å². The van der Waals surface area contributed by atoms with E-state index in [1.807, 2.05) is 58.6 Å². The topological polar surface area (TPSA) is 128 Å². The summed E-state index contributed by atoms with van der Waals surface area (Å²) in [6, 6.07) is 8.86. The highest BCUT2D eigenvalue weighted by Gasteiger charge is 2.39. The highest BCUT2D eigenvalue weighted by molar-refractivity contribution is 6.76. The Balaban J connectivity index is 0. The van der Waals surface area contributed by atoms with Gasteiger partial charge >= 0.3 is 14.9 Å². The largest absolute Gasteiger partial charge is 0.500 e. The number of benzene rings is 1. The summed E-state index contributed by atoms with van der Waals surface area (Å²) in [5.41, 5.74) is 1.33. The lowest BCUT2D eigenvalue weighted by Gasteiger charge is -2.28. The molecule has 1 aromatic carbocycles. The third kappa shape index (κ3) is 21.3. The molecule has 0 aliphatic rings. The Morgan fingerprint density at radius 3 is 1.95 bits per heavy atom. The minimum atomic E-state index is -2.68. The van der Waals surface area contributed by atoms with Crippen LogP contribution in [0.25, 0.3) is 0 Å². The normalized spacial score (nSPS) is 10.7. The summed E-state index contributed by atoms with van der Waals surface area (Å²) < 4.78 is 22.7. The molecule has 1 rings (SSSR count). The SMILES string of the molecule is CC.CCO[Si](CCCNC(=O)OCCN(CC)c1ccc(N=O)cc1)(OCC)OCC.C[Si](C)(C)CCCN=C=O. The lowest BCUT2D eigenvalue weighted by atomic mass is 10.2. The Kier molecular flexibility index (Phi) is 26.1. The second kappa shape index (κ2) is 26.2. The summed E-state index contributed by atoms with van der Waals surface area (Å²) in [6.45, 7) is 23.0. The van der Waals surface area contributed by atoms with Crippen molar-refractivity contribution in [2.75, 3.05) is 57.5 Å². The van der Waals surface area contributed by atoms with E-state index in [0.29, 0.717) is 57.6 Å². The van der Waals surface area contributed by atoms with E-state index in [0.717, 1.165) is 18.7 Å². The van der Waals surface area contributed by atoms with Crippen LogP contribution in [0, 0.1) is 4.91 Å². The standard InChI is InChI=1S/C20H35N3O6Si.C7H15NOSi.C2H6/c1-5-23(19-12-10-18(22-25)11-13-19)15-16-26-20(24)21-14-9-17-30(27-6-2,28-7-3)29-8-4;1-10(2,3)6-4-5-8-7-9;1-2/h10-13H,5-9,14-17H2,1-4H3,(H,21,24);4-6H2,1-3H3;1-2H3. The van der Waals surface area contributed by atoms with Crippen LogP contribution in [0.2, 0.25) is 31.7 Å². The number of hydrogen-bond donors (Lipinski definition) is 1. The third-order valence-electron chi connectivity index (χ3n) is 5.58. The smallest absolute Gasteiger partial charge is 0.448 e. The number of nitroso groups, excluding NO2 is 1. The quantitative estimate of drug-likeness (QED) is 0.0530. The van der Waals surface area contributed by atoms with E-state index in [-0.39, 0.29) is 6.61 Å². The first-order valence-electron chi connectivity index (χ1n) is 15.1. The minimum absolute atomic E-state index is 0.253. The number of alkyl carbamates (subject to hydrolysis) is 1. The first kappa shape index (κ1) is 41.7. The predicted molar refractivity (Wildman–Crippen MR) is 176 cm³/mol. The number of rotatable bonds is 20. The second-order valence-electron chi connectivity index (χ2n) is 9.97. The molecule has 0 heterocycles. The lowest BCUT2D eigenvalue weighted by Crippen LogP contribution is -2.46. The molecule has 0 spiro atoms. The maximum atomic E-state index is 12.0. The van der Waals surface area contributed by atoms with Crippen LogP contribution in [0.1, 0.15) is 54.4 Å². The van der Waals surface area contributed by atoms with E-state index in [4.69, 9.17) is 18.0 Å². The summed E-state index contributed by atoms with van der Waals surface area (Å²) in [6.07, 6.45) is 2.82. The molecule has 1 aromatic rings. The fraction of sp³-hybridized carbons (Fsp3) is 0.724. The van der Waals surface area contributed by atoms with Gasteiger partial charge in [-0.2, -0.15) is 0 Å². The number of carbonyl (C=O) groups excluding carboxylic acids is 2. The number of ether oxygens (including phenoxy) is 1. The van der Waals surface area contributed by atoms with Gasteiger partial charge in [0.1, 0.15) is 12.3 Å². The monoisotopic (exact) mass is 628 g/mol. The Bertz CT molecular complexity index is 848. The number of likely N-dealkylation sites (N-methyl/N-ethyl adjacent to an activating group) is 1. The number of hydrogen-bond acceptors (Lipinski definition) is 10. The molecule has 0 saturated heterocycles. The van der Waals surface area contributed by atoms with E-state index < -0.39 is 23.0 Å². The molecule has 42 heavy (non-hydrogen) atoms. The van der Waals surface area contributed by atoms with Crippen molar-refractivity contribution >= 4 is 40.4 Å². The lowest BCUT2D eigenvalue weighted by molar-refractivity contribution is 0.0706. The number of anilines is 1. The van der Waals surface area contributed by atoms with Crippen LogP contribution in [-0.2, 0) is 22.8 Å². The number of nitrogens with one attached hydrogen (secondary N) is 1. The Labute approximate surface area is 256 Å². The fourth-order valence-electron chi connectivity index (χ4n) is 3.72. The summed E-state index contributed by atoms with van der Waals surface area (Å²) in [5.74, 6) is 0. The average molecular weight is 629 g/mol. The maximum absolute atomic E-state index is 12.0. The van der Waals surface area contributed by atoms with Crippen molar-refractivity contribution < 1.29 is 27.6 Å². The molecular weight excluding hydrogens is 573 g/mol. The Morgan fingerprint density at radius 2 is 1.50 bits per heavy atom. The van der Waals surface area contributed by atoms with Crippen molar-refractivity contribution in [3.05, 3.63) is 29.2 Å². The molecule has 242 valence electrons. The number of aliphatic imine (C=N–C) groups is 1. The summed E-state index contributed by atoms with van der Waals surface area (Å²) in [4.78, 5) is 37.7. The van der Waals surface area contributed by atoms with Crippen molar-refractivity contribution in [1.29, 1.82) is 0 Å². The third-order valence-corrected chi connectivity index (χ3v) is 10.6. The molecule has 1 amide bonds. The van der Waals surface area contributed by atoms with Gasteiger partial charge in [0, 0.05) is 52.7 Å². The van der Waals surface area contributed by atoms with Gasteiger partial charge in [0.05, 0.1) is 13.1 Å². The zero-order chi connectivity index (χ0) is 32.3. The molecule has 0 bridgehead atoms. The molecule has 0 aliphatic carbocycles. The van der Waals surface area contributed by atoms with Gasteiger partial charge in [-0.15, -0.1) is 4.91 Å². The average Bonchev–Trinajstić information content (AvgIpc) is 2.97. The predicted octanol–water partition coefficient (Wildman–Crippen LogP) is 7.15. The van der Waals surface area contributed by atoms with E-state index in [1.165, 1.54) is 6.04 Å². The van der Waals surface area contributed by atoms with Crippen molar-refractivity contribution in [2.24, 2.45) is 10.2 Å². The van der Waals surface area contributed by atoms with Crippen molar-refractivity contribution in [3.8, 4) is 0 Å². The van der Waals surface area contributed by atoms with E-state index in [2.05, 4.69) is 35.1 Å². The molecule has 1 N–H and O–H groups in total. The molecule has 11 nitrogen and oxygen atoms in total. The van der Waals surface area contributed by atoms with Crippen LogP contribution < -0.4 is 10.2 Å². The maximum Gasteiger partial charge on any atom is 0.500 e. The van der Waals surface area contributed by atoms with Gasteiger partial charge in [-0.1, -0.05) is 39.5 Å². The zero-order valence-electron chi connectivity index (χ0n) is 27.5. The molecule has 0 atom stereocenters. The van der Waals surface area contributed by atoms with Crippen LogP contribution in [0.15, 0.2) is 34.4 Å². The van der Waals surface area contributed by atoms with Crippen molar-refractivity contribution in [1.82, 2.24) is 5.32 Å². The molecule has 0 saturated carbocycles. The molecule has 13 heteroatoms. The summed E-state index contributed by atoms with van der Waals surface area (Å²) in [7, 11) is -3.58. The highest BCUT2D eigenvalue weighted by Crippen LogP contribution is 2.20. The summed E-state index contributed by atoms with van der Waals surface area (Å²) >= 11 is 0. The minimum Gasteiger partial charge on any atom is -0.448 e. The van der Waals surface area contributed by atoms with Gasteiger partial charge in [0.15, 0.2) is 0 Å². The van der Waals surface area contributed by atoms with Crippen molar-refractivity contribution in [2.45, 2.75) is 86.1 Å². The Hall–Kier alpha value is -2.42. The Morgan fingerprint density at radius 1 is 0.929 bits per heavy atom. The van der Waals surface area contributed by atoms with Gasteiger partial charge in [-0.25, -0.2) is 14.6 Å². The number of amides is 1. The molecule has 0 aromatic heterocycles. The van der Waals surface area contributed by atoms with Gasteiger partial charge < -0.3 is 28.2 Å². The second-order valence-corrected chi connectivity index (χ2v) is 18.3. The fourth-order valence-corrected chi connectivity index (χ4v) is 7.56. The number of carbonyl (C=O) groups is 1. The van der Waals surface area contributed by atoms with E-state index in [9.17, 15) is 14.5 Å². The van der Waals surface area contributed by atoms with Crippen LogP contribution in [-0.4, -0.2) is 81.7 Å². The van der Waals surface area contributed by atoms with Crippen molar-refractivity contribution in [3.63, 3.8) is 0 Å². The summed E-state index contributed by atoms with van der Waals surface area (Å²) in [5, 5.41) is 5.65. The molecule has 0 fully saturated rings. The zero-order valence-corrected chi connectivity index (χ0v) is 29.5. The molecular formula is C29H56N4O7Si2. The van der Waals surface area contributed by atoms with Crippen LogP contribution >= 0.6 is 0 Å². The van der Waals surface area contributed by atoms with Crippen LogP contribution in [0.4, 0.5) is 16.2 Å². The van der Waals surface area contributed by atoms with E-state index in [1.54, 1.807) is 18.2 Å².